The second-order valence-electron chi connectivity index (χ2n) is 8.93. The molecule has 0 amide bonds. The number of aliphatic hydroxyl groups is 8. The molecule has 2 saturated heterocycles. The molecule has 0 aromatic carbocycles. The minimum Gasteiger partial charge on any atom is -0.396 e. The van der Waals surface area contributed by atoms with Crippen LogP contribution in [0, 0.1) is 0 Å². The van der Waals surface area contributed by atoms with E-state index in [-0.39, 0.29) is 13.2 Å². The highest BCUT2D eigenvalue weighted by atomic mass is 16.7. The van der Waals surface area contributed by atoms with Crippen molar-refractivity contribution in [3.63, 3.8) is 0 Å². The minimum absolute atomic E-state index is 0.235. The number of hydrogen-bond acceptors (Lipinski definition) is 12. The van der Waals surface area contributed by atoms with Crippen LogP contribution in [0.2, 0.25) is 0 Å². The first-order valence-electron chi connectivity index (χ1n) is 12.2. The van der Waals surface area contributed by atoms with Crippen LogP contribution in [0.3, 0.4) is 0 Å². The molecule has 12 heteroatoms. The van der Waals surface area contributed by atoms with Gasteiger partial charge in [0.2, 0.25) is 0 Å². The normalized spacial score (nSPS) is 38.8. The SMILES string of the molecule is OCCCCCCCCCCO[C@@H]1O[C@H](CO)[C@@H](O[C@H]2O[C@H](CO)[C@@H](O)[C@H](O)[C@H]2O)[C@H](O)[C@H]1O. The zero-order valence-electron chi connectivity index (χ0n) is 19.5. The molecule has 34 heavy (non-hydrogen) atoms. The fourth-order valence-electron chi connectivity index (χ4n) is 4.17. The lowest BCUT2D eigenvalue weighted by molar-refractivity contribution is -0.359. The van der Waals surface area contributed by atoms with Crippen LogP contribution in [0.5, 0.6) is 0 Å². The van der Waals surface area contributed by atoms with Gasteiger partial charge in [-0.25, -0.2) is 0 Å². The van der Waals surface area contributed by atoms with Gasteiger partial charge in [0.25, 0.3) is 0 Å². The Labute approximate surface area is 199 Å². The van der Waals surface area contributed by atoms with E-state index in [9.17, 15) is 35.7 Å². The van der Waals surface area contributed by atoms with Crippen molar-refractivity contribution in [2.24, 2.45) is 0 Å². The summed E-state index contributed by atoms with van der Waals surface area (Å²) in [5.41, 5.74) is 0. The van der Waals surface area contributed by atoms with Gasteiger partial charge < -0.3 is 59.8 Å². The Bertz CT molecular complexity index is 536. The third-order valence-corrected chi connectivity index (χ3v) is 6.29. The molecule has 10 atom stereocenters. The molecule has 2 fully saturated rings. The van der Waals surface area contributed by atoms with Crippen LogP contribution in [-0.4, -0.2) is 129 Å². The fraction of sp³-hybridized carbons (Fsp3) is 1.00. The summed E-state index contributed by atoms with van der Waals surface area (Å²) < 4.78 is 21.9. The second kappa shape index (κ2) is 15.6. The Kier molecular flexibility index (Phi) is 13.6. The maximum Gasteiger partial charge on any atom is 0.187 e. The summed E-state index contributed by atoms with van der Waals surface area (Å²) in [6.07, 6.45) is -6.58. The van der Waals surface area contributed by atoms with Crippen molar-refractivity contribution in [2.75, 3.05) is 26.4 Å². The van der Waals surface area contributed by atoms with E-state index >= 15 is 0 Å². The quantitative estimate of drug-likeness (QED) is 0.113. The van der Waals surface area contributed by atoms with E-state index in [0.29, 0.717) is 0 Å². The van der Waals surface area contributed by atoms with Crippen LogP contribution < -0.4 is 0 Å². The van der Waals surface area contributed by atoms with Crippen molar-refractivity contribution in [1.29, 1.82) is 0 Å². The molecule has 0 unspecified atom stereocenters. The summed E-state index contributed by atoms with van der Waals surface area (Å²) >= 11 is 0. The Morgan fingerprint density at radius 2 is 1.06 bits per heavy atom. The van der Waals surface area contributed by atoms with Crippen molar-refractivity contribution in [3.8, 4) is 0 Å². The van der Waals surface area contributed by atoms with Crippen molar-refractivity contribution >= 4 is 0 Å². The lowest BCUT2D eigenvalue weighted by atomic mass is 9.97. The van der Waals surface area contributed by atoms with Gasteiger partial charge in [-0.05, 0) is 12.8 Å². The molecule has 0 aromatic rings. The molecule has 0 spiro atoms. The smallest absolute Gasteiger partial charge is 0.187 e. The van der Waals surface area contributed by atoms with Gasteiger partial charge in [-0.3, -0.25) is 0 Å². The lowest BCUT2D eigenvalue weighted by Crippen LogP contribution is -2.64. The zero-order chi connectivity index (χ0) is 25.1. The molecule has 0 saturated carbocycles. The number of ether oxygens (including phenoxy) is 4. The van der Waals surface area contributed by atoms with E-state index in [1.165, 1.54) is 0 Å². The molecule has 0 radical (unpaired) electrons. The van der Waals surface area contributed by atoms with Gasteiger partial charge in [0.15, 0.2) is 12.6 Å². The Hall–Kier alpha value is -0.480. The summed E-state index contributed by atoms with van der Waals surface area (Å²) in [6, 6.07) is 0. The van der Waals surface area contributed by atoms with Gasteiger partial charge in [0, 0.05) is 13.2 Å². The molecular weight excluding hydrogens is 456 g/mol. The standard InChI is InChI=1S/C22H42O12/c23-9-7-5-3-1-2-4-6-8-10-31-21-19(30)17(28)20(14(12-25)33-21)34-22-18(29)16(27)15(26)13(11-24)32-22/h13-30H,1-12H2/t13-,14-,15-,16+,17-,18-,19-,20-,21-,22-/m1/s1. The molecule has 12 nitrogen and oxygen atoms in total. The molecule has 2 rings (SSSR count). The largest absolute Gasteiger partial charge is 0.396 e. The van der Waals surface area contributed by atoms with Crippen LogP contribution in [0.25, 0.3) is 0 Å². The Morgan fingerprint density at radius 1 is 0.529 bits per heavy atom. The molecule has 0 aliphatic carbocycles. The summed E-state index contributed by atoms with van der Waals surface area (Å²) in [7, 11) is 0. The average molecular weight is 499 g/mol. The molecule has 0 bridgehead atoms. The molecule has 202 valence electrons. The van der Waals surface area contributed by atoms with E-state index in [1.807, 2.05) is 0 Å². The average Bonchev–Trinajstić information content (AvgIpc) is 2.84. The predicted molar refractivity (Wildman–Crippen MR) is 116 cm³/mol. The van der Waals surface area contributed by atoms with Crippen molar-refractivity contribution in [1.82, 2.24) is 0 Å². The summed E-state index contributed by atoms with van der Waals surface area (Å²) in [6.45, 7) is -0.726. The van der Waals surface area contributed by atoms with Gasteiger partial charge >= 0.3 is 0 Å². The topological polar surface area (TPSA) is 199 Å². The summed E-state index contributed by atoms with van der Waals surface area (Å²) in [5, 5.41) is 78.7. The highest BCUT2D eigenvalue weighted by molar-refractivity contribution is 4.94. The molecule has 2 aliphatic heterocycles. The summed E-state index contributed by atoms with van der Waals surface area (Å²) in [5.74, 6) is 0. The van der Waals surface area contributed by atoms with E-state index in [1.54, 1.807) is 0 Å². The molecule has 2 aliphatic rings. The van der Waals surface area contributed by atoms with Gasteiger partial charge in [-0.1, -0.05) is 38.5 Å². The first-order chi connectivity index (χ1) is 16.3. The molecule has 2 heterocycles. The van der Waals surface area contributed by atoms with E-state index in [4.69, 9.17) is 24.1 Å². The van der Waals surface area contributed by atoms with Crippen molar-refractivity contribution in [3.05, 3.63) is 0 Å². The van der Waals surface area contributed by atoms with Crippen molar-refractivity contribution in [2.45, 2.75) is 113 Å². The number of unbranched alkanes of at least 4 members (excludes halogenated alkanes) is 7. The van der Waals surface area contributed by atoms with Crippen LogP contribution in [0.4, 0.5) is 0 Å². The Morgan fingerprint density at radius 3 is 1.65 bits per heavy atom. The number of hydrogen-bond donors (Lipinski definition) is 8. The van der Waals surface area contributed by atoms with Crippen molar-refractivity contribution < 1.29 is 59.8 Å². The fourth-order valence-corrected chi connectivity index (χ4v) is 4.17. The third-order valence-electron chi connectivity index (χ3n) is 6.29. The second-order valence-corrected chi connectivity index (χ2v) is 8.93. The minimum atomic E-state index is -1.70. The van der Waals surface area contributed by atoms with E-state index < -0.39 is 74.6 Å². The highest BCUT2D eigenvalue weighted by Gasteiger charge is 2.50. The highest BCUT2D eigenvalue weighted by Crippen LogP contribution is 2.29. The first kappa shape index (κ1) is 29.7. The third kappa shape index (κ3) is 8.29. The van der Waals surface area contributed by atoms with Gasteiger partial charge in [-0.15, -0.1) is 0 Å². The summed E-state index contributed by atoms with van der Waals surface area (Å²) in [4.78, 5) is 0. The van der Waals surface area contributed by atoms with Gasteiger partial charge in [0.1, 0.15) is 48.8 Å². The number of aliphatic hydroxyl groups excluding tert-OH is 8. The maximum absolute atomic E-state index is 10.6. The monoisotopic (exact) mass is 498 g/mol. The predicted octanol–water partition coefficient (Wildman–Crippen LogP) is -2.26. The van der Waals surface area contributed by atoms with Crippen LogP contribution in [0.1, 0.15) is 51.4 Å². The molecule has 8 N–H and O–H groups in total. The number of rotatable bonds is 15. The maximum atomic E-state index is 10.6. The molecule has 0 aromatic heterocycles. The Balaban J connectivity index is 1.78. The van der Waals surface area contributed by atoms with Crippen LogP contribution in [-0.2, 0) is 18.9 Å². The van der Waals surface area contributed by atoms with Gasteiger partial charge in [0.05, 0.1) is 13.2 Å². The first-order valence-corrected chi connectivity index (χ1v) is 12.2. The molecular formula is C22H42O12. The zero-order valence-corrected chi connectivity index (χ0v) is 19.5. The van der Waals surface area contributed by atoms with Crippen LogP contribution >= 0.6 is 0 Å². The van der Waals surface area contributed by atoms with Crippen LogP contribution in [0.15, 0.2) is 0 Å². The van der Waals surface area contributed by atoms with Gasteiger partial charge in [-0.2, -0.15) is 0 Å². The van der Waals surface area contributed by atoms with E-state index in [0.717, 1.165) is 51.4 Å². The van der Waals surface area contributed by atoms with E-state index in [2.05, 4.69) is 0 Å². The lowest BCUT2D eigenvalue weighted by Gasteiger charge is -2.45.